The molecule has 15 heteroatoms. The summed E-state index contributed by atoms with van der Waals surface area (Å²) in [5.74, 6) is -13.7. The number of hydrogen-bond acceptors (Lipinski definition) is 6. The molecule has 0 amide bonds. The summed E-state index contributed by atoms with van der Waals surface area (Å²) in [6.45, 7) is 0. The quantitative estimate of drug-likeness (QED) is 0.0581. The maximum atomic E-state index is 14.4. The van der Waals surface area contributed by atoms with E-state index < -0.39 is 56.0 Å². The normalized spacial score (nSPS) is 11.5. The molecule has 1 N–H and O–H groups in total. The Hall–Kier alpha value is -2.10. The molecular formula is C24H9F4I3O7S. The van der Waals surface area contributed by atoms with Gasteiger partial charge in [0.2, 0.25) is 17.4 Å². The third kappa shape index (κ3) is 5.86. The van der Waals surface area contributed by atoms with E-state index in [1.807, 2.05) is 28.7 Å². The highest BCUT2D eigenvalue weighted by Crippen LogP contribution is 2.35. The number of esters is 2. The highest BCUT2D eigenvalue weighted by atomic mass is 127. The summed E-state index contributed by atoms with van der Waals surface area (Å²) in [4.78, 5) is 23.5. The van der Waals surface area contributed by atoms with Gasteiger partial charge in [-0.3, -0.25) is 4.55 Å². The average molecular weight is 898 g/mol. The summed E-state index contributed by atoms with van der Waals surface area (Å²) >= 11 is 6.13. The first-order chi connectivity index (χ1) is 18.2. The molecule has 7 nitrogen and oxygen atoms in total. The predicted molar refractivity (Wildman–Crippen MR) is 155 cm³/mol. The van der Waals surface area contributed by atoms with E-state index in [-0.39, 0.29) is 22.1 Å². The van der Waals surface area contributed by atoms with Gasteiger partial charge >= 0.3 is 22.1 Å². The van der Waals surface area contributed by atoms with E-state index in [1.165, 1.54) is 36.4 Å². The van der Waals surface area contributed by atoms with Gasteiger partial charge in [-0.05, 0) is 97.4 Å². The smallest absolute Gasteiger partial charge is 0.344 e. The van der Waals surface area contributed by atoms with Crippen molar-refractivity contribution < 1.29 is 49.6 Å². The van der Waals surface area contributed by atoms with Gasteiger partial charge in [-0.2, -0.15) is 17.2 Å². The lowest BCUT2D eigenvalue weighted by Crippen LogP contribution is -2.16. The van der Waals surface area contributed by atoms with Crippen LogP contribution in [0.1, 0.15) is 20.7 Å². The Labute approximate surface area is 258 Å². The second kappa shape index (κ2) is 11.4. The van der Waals surface area contributed by atoms with Gasteiger partial charge in [0.15, 0.2) is 16.5 Å². The minimum atomic E-state index is -5.69. The molecule has 0 aromatic heterocycles. The fraction of sp³-hybridized carbons (Fsp3) is 0. The van der Waals surface area contributed by atoms with Gasteiger partial charge in [-0.25, -0.2) is 18.4 Å². The molecular weight excluding hydrogens is 889 g/mol. The SMILES string of the molecule is O=C(Oc1cccc2c(C(=O)Oc3c(F)c(F)c(S(=O)(=O)O)c(F)c3F)cccc12)c1cc(I)cc(I)c1I. The van der Waals surface area contributed by atoms with Crippen molar-refractivity contribution in [3.05, 3.63) is 93.6 Å². The highest BCUT2D eigenvalue weighted by molar-refractivity contribution is 14.1. The lowest BCUT2D eigenvalue weighted by atomic mass is 10.0. The number of carbonyl (C=O) groups is 2. The standard InChI is InChI=1S/C24H9F4I3O7S/c25-16-18(27)22(39(34,35)36)19(28)17(26)21(16)38-23(32)12-5-1-4-11-10(12)3-2-6-15(11)37-24(33)13-7-9(29)8-14(30)20(13)31/h1-8H,(H,34,35,36). The number of halogens is 7. The Kier molecular flexibility index (Phi) is 8.74. The van der Waals surface area contributed by atoms with Gasteiger partial charge in [0.05, 0.1) is 11.1 Å². The van der Waals surface area contributed by atoms with E-state index in [9.17, 15) is 35.6 Å². The van der Waals surface area contributed by atoms with Crippen molar-refractivity contribution in [3.8, 4) is 11.5 Å². The summed E-state index contributed by atoms with van der Waals surface area (Å²) < 4.78 is 101. The van der Waals surface area contributed by atoms with Crippen LogP contribution in [-0.2, 0) is 10.1 Å². The zero-order chi connectivity index (χ0) is 28.8. The monoisotopic (exact) mass is 898 g/mol. The summed E-state index contributed by atoms with van der Waals surface area (Å²) in [6, 6.07) is 11.8. The molecule has 4 aromatic carbocycles. The number of fused-ring (bicyclic) bond motifs is 1. The Morgan fingerprint density at radius 3 is 1.92 bits per heavy atom. The van der Waals surface area contributed by atoms with Crippen LogP contribution in [0.2, 0.25) is 0 Å². The molecule has 39 heavy (non-hydrogen) atoms. The number of rotatable bonds is 5. The Bertz CT molecular complexity index is 1780. The lowest BCUT2D eigenvalue weighted by Gasteiger charge is -2.13. The maximum absolute atomic E-state index is 14.4. The Morgan fingerprint density at radius 1 is 0.744 bits per heavy atom. The van der Waals surface area contributed by atoms with Crippen LogP contribution in [0.5, 0.6) is 11.5 Å². The van der Waals surface area contributed by atoms with Crippen LogP contribution < -0.4 is 9.47 Å². The lowest BCUT2D eigenvalue weighted by molar-refractivity contribution is 0.0716. The van der Waals surface area contributed by atoms with E-state index in [0.717, 1.165) is 7.14 Å². The molecule has 0 atom stereocenters. The minimum Gasteiger partial charge on any atom is -0.422 e. The number of ether oxygens (including phenoxy) is 2. The van der Waals surface area contributed by atoms with Crippen molar-refractivity contribution in [1.29, 1.82) is 0 Å². The first-order valence-electron chi connectivity index (χ1n) is 10.2. The summed E-state index contributed by atoms with van der Waals surface area (Å²) in [6.07, 6.45) is 0. The van der Waals surface area contributed by atoms with Crippen molar-refractivity contribution in [3.63, 3.8) is 0 Å². The first-order valence-corrected chi connectivity index (χ1v) is 14.8. The molecule has 0 saturated carbocycles. The number of carbonyl (C=O) groups excluding carboxylic acids is 2. The molecule has 202 valence electrons. The number of benzene rings is 4. The number of hydrogen-bond donors (Lipinski definition) is 1. The fourth-order valence-corrected chi connectivity index (χ4v) is 6.47. The fourth-order valence-electron chi connectivity index (χ4n) is 3.46. The van der Waals surface area contributed by atoms with Crippen molar-refractivity contribution in [1.82, 2.24) is 0 Å². The van der Waals surface area contributed by atoms with E-state index in [1.54, 1.807) is 6.07 Å². The molecule has 0 fully saturated rings. The van der Waals surface area contributed by atoms with Crippen LogP contribution >= 0.6 is 67.8 Å². The Balaban J connectivity index is 1.73. The van der Waals surface area contributed by atoms with Gasteiger partial charge in [-0.15, -0.1) is 0 Å². The molecule has 0 bridgehead atoms. The predicted octanol–water partition coefficient (Wildman–Crippen LogP) is 6.90. The van der Waals surface area contributed by atoms with E-state index in [2.05, 4.69) is 49.9 Å². The van der Waals surface area contributed by atoms with Crippen LogP contribution in [0.15, 0.2) is 53.4 Å². The summed E-state index contributed by atoms with van der Waals surface area (Å²) in [7, 11) is -5.69. The molecule has 0 aliphatic rings. The van der Waals surface area contributed by atoms with Crippen molar-refractivity contribution >= 4 is 101 Å². The van der Waals surface area contributed by atoms with Crippen molar-refractivity contribution in [2.45, 2.75) is 4.90 Å². The van der Waals surface area contributed by atoms with Gasteiger partial charge in [0.25, 0.3) is 0 Å². The third-order valence-corrected chi connectivity index (χ3v) is 9.70. The van der Waals surface area contributed by atoms with Crippen LogP contribution in [-0.4, -0.2) is 24.9 Å². The maximum Gasteiger partial charge on any atom is 0.344 e. The van der Waals surface area contributed by atoms with Crippen LogP contribution in [0, 0.1) is 34.0 Å². The molecule has 0 aliphatic heterocycles. The first kappa shape index (κ1) is 29.9. The van der Waals surface area contributed by atoms with Crippen LogP contribution in [0.25, 0.3) is 10.8 Å². The van der Waals surface area contributed by atoms with Crippen LogP contribution in [0.3, 0.4) is 0 Å². The molecule has 0 heterocycles. The molecule has 4 aromatic rings. The molecule has 0 saturated heterocycles. The van der Waals surface area contributed by atoms with Gasteiger partial charge in [0.1, 0.15) is 5.75 Å². The summed E-state index contributed by atoms with van der Waals surface area (Å²) in [5, 5.41) is 0.312. The third-order valence-electron chi connectivity index (χ3n) is 5.15. The highest BCUT2D eigenvalue weighted by Gasteiger charge is 2.34. The van der Waals surface area contributed by atoms with Crippen molar-refractivity contribution in [2.75, 3.05) is 0 Å². The molecule has 0 unspecified atom stereocenters. The van der Waals surface area contributed by atoms with Crippen molar-refractivity contribution in [2.24, 2.45) is 0 Å². The Morgan fingerprint density at radius 2 is 1.31 bits per heavy atom. The molecule has 0 aliphatic carbocycles. The second-order valence-corrected chi connectivity index (χ2v) is 12.4. The second-order valence-electron chi connectivity index (χ2n) is 7.57. The van der Waals surface area contributed by atoms with Gasteiger partial charge < -0.3 is 9.47 Å². The zero-order valence-corrected chi connectivity index (χ0v) is 25.9. The largest absolute Gasteiger partial charge is 0.422 e. The van der Waals surface area contributed by atoms with Crippen LogP contribution in [0.4, 0.5) is 17.6 Å². The van der Waals surface area contributed by atoms with Gasteiger partial charge in [0, 0.05) is 16.1 Å². The van der Waals surface area contributed by atoms with E-state index in [4.69, 9.17) is 9.29 Å². The zero-order valence-electron chi connectivity index (χ0n) is 18.6. The van der Waals surface area contributed by atoms with E-state index >= 15 is 0 Å². The van der Waals surface area contributed by atoms with Gasteiger partial charge in [-0.1, -0.05) is 24.3 Å². The molecule has 0 radical (unpaired) electrons. The molecule has 0 spiro atoms. The summed E-state index contributed by atoms with van der Waals surface area (Å²) in [5.41, 5.74) is -0.0370. The molecule has 4 rings (SSSR count). The average Bonchev–Trinajstić information content (AvgIpc) is 2.86. The topological polar surface area (TPSA) is 107 Å². The minimum absolute atomic E-state index is 0.0313. The van der Waals surface area contributed by atoms with E-state index in [0.29, 0.717) is 9.13 Å².